The van der Waals surface area contributed by atoms with E-state index in [4.69, 9.17) is 9.47 Å². The molecule has 0 radical (unpaired) electrons. The van der Waals surface area contributed by atoms with Gasteiger partial charge in [0.05, 0.1) is 11.1 Å². The number of hydrogen-bond acceptors (Lipinski definition) is 6. The predicted molar refractivity (Wildman–Crippen MR) is 92.9 cm³/mol. The molecule has 0 saturated heterocycles. The second-order valence-electron chi connectivity index (χ2n) is 5.38. The highest BCUT2D eigenvalue weighted by molar-refractivity contribution is 5.92. The van der Waals surface area contributed by atoms with Crippen molar-refractivity contribution < 1.29 is 24.2 Å². The van der Waals surface area contributed by atoms with E-state index in [9.17, 15) is 14.7 Å². The molecule has 0 saturated carbocycles. The van der Waals surface area contributed by atoms with Gasteiger partial charge in [0.15, 0.2) is 11.5 Å². The van der Waals surface area contributed by atoms with Gasteiger partial charge in [-0.3, -0.25) is 4.98 Å². The lowest BCUT2D eigenvalue weighted by Gasteiger charge is -2.08. The summed E-state index contributed by atoms with van der Waals surface area (Å²) in [6.07, 6.45) is 2.89. The molecular weight excluding hydrogens is 334 g/mol. The van der Waals surface area contributed by atoms with Gasteiger partial charge in [-0.05, 0) is 35.9 Å². The van der Waals surface area contributed by atoms with E-state index < -0.39 is 11.9 Å². The van der Waals surface area contributed by atoms with Crippen molar-refractivity contribution in [3.8, 4) is 11.5 Å². The summed E-state index contributed by atoms with van der Waals surface area (Å²) in [4.78, 5) is 27.9. The predicted octanol–water partition coefficient (Wildman–Crippen LogP) is 3.36. The van der Waals surface area contributed by atoms with Gasteiger partial charge in [-0.1, -0.05) is 30.3 Å². The second-order valence-corrected chi connectivity index (χ2v) is 5.38. The van der Waals surface area contributed by atoms with Gasteiger partial charge in [-0.2, -0.15) is 0 Å². The summed E-state index contributed by atoms with van der Waals surface area (Å²) in [6.45, 7) is 0.123. The van der Waals surface area contributed by atoms with Gasteiger partial charge in [0.1, 0.15) is 6.61 Å². The molecule has 130 valence electrons. The van der Waals surface area contributed by atoms with E-state index in [0.29, 0.717) is 0 Å². The second kappa shape index (κ2) is 7.94. The summed E-state index contributed by atoms with van der Waals surface area (Å²) in [5.41, 5.74) is 1.25. The van der Waals surface area contributed by atoms with E-state index in [1.165, 1.54) is 30.6 Å². The first-order chi connectivity index (χ1) is 12.6. The molecule has 0 bridgehead atoms. The van der Waals surface area contributed by atoms with Crippen LogP contribution in [-0.4, -0.2) is 22.0 Å². The van der Waals surface area contributed by atoms with Crippen LogP contribution in [0.5, 0.6) is 11.5 Å². The number of aromatic hydroxyl groups is 1. The molecule has 0 amide bonds. The number of benzene rings is 2. The molecule has 0 aliphatic heterocycles. The van der Waals surface area contributed by atoms with Crippen molar-refractivity contribution >= 4 is 11.9 Å². The summed E-state index contributed by atoms with van der Waals surface area (Å²) in [5, 5.41) is 10.0. The molecule has 1 heterocycles. The van der Waals surface area contributed by atoms with Crippen LogP contribution in [0.3, 0.4) is 0 Å². The van der Waals surface area contributed by atoms with Gasteiger partial charge in [0.2, 0.25) is 0 Å². The van der Waals surface area contributed by atoms with E-state index in [1.807, 2.05) is 30.3 Å². The van der Waals surface area contributed by atoms with Crippen molar-refractivity contribution in [1.82, 2.24) is 4.98 Å². The van der Waals surface area contributed by atoms with E-state index in [1.54, 1.807) is 12.1 Å². The molecule has 0 unspecified atom stereocenters. The fourth-order valence-corrected chi connectivity index (χ4v) is 2.18. The first kappa shape index (κ1) is 17.2. The standard InChI is InChI=1S/C20H15NO5/c22-17-11-15(19(23)25-13-14-5-2-1-3-6-14)8-9-18(17)26-20(24)16-7-4-10-21-12-16/h1-12,22H,13H2. The highest BCUT2D eigenvalue weighted by Crippen LogP contribution is 2.28. The third-order valence-corrected chi connectivity index (χ3v) is 3.51. The highest BCUT2D eigenvalue weighted by Gasteiger charge is 2.15. The van der Waals surface area contributed by atoms with Crippen LogP contribution < -0.4 is 4.74 Å². The van der Waals surface area contributed by atoms with Gasteiger partial charge < -0.3 is 14.6 Å². The van der Waals surface area contributed by atoms with E-state index >= 15 is 0 Å². The van der Waals surface area contributed by atoms with Crippen LogP contribution in [0.1, 0.15) is 26.3 Å². The molecule has 0 aliphatic rings. The molecule has 3 rings (SSSR count). The van der Waals surface area contributed by atoms with E-state index in [2.05, 4.69) is 4.98 Å². The topological polar surface area (TPSA) is 85.7 Å². The first-order valence-corrected chi connectivity index (χ1v) is 7.80. The Labute approximate surface area is 149 Å². The summed E-state index contributed by atoms with van der Waals surface area (Å²) < 4.78 is 10.3. The Morgan fingerprint density at radius 3 is 2.42 bits per heavy atom. The van der Waals surface area contributed by atoms with Gasteiger partial charge in [0, 0.05) is 12.4 Å². The molecule has 0 fully saturated rings. The lowest BCUT2D eigenvalue weighted by Crippen LogP contribution is -2.09. The van der Waals surface area contributed by atoms with Crippen molar-refractivity contribution in [1.29, 1.82) is 0 Å². The Hall–Kier alpha value is -3.67. The normalized spacial score (nSPS) is 10.2. The Balaban J connectivity index is 1.65. The monoisotopic (exact) mass is 349 g/mol. The molecule has 0 atom stereocenters. The smallest absolute Gasteiger partial charge is 0.345 e. The Bertz CT molecular complexity index is 910. The molecule has 6 nitrogen and oxygen atoms in total. The van der Waals surface area contributed by atoms with Crippen LogP contribution in [0, 0.1) is 0 Å². The molecule has 6 heteroatoms. The number of pyridine rings is 1. The SMILES string of the molecule is O=C(OCc1ccccc1)c1ccc(OC(=O)c2cccnc2)c(O)c1. The average Bonchev–Trinajstić information content (AvgIpc) is 2.69. The van der Waals surface area contributed by atoms with E-state index in [0.717, 1.165) is 5.56 Å². The largest absolute Gasteiger partial charge is 0.504 e. The van der Waals surface area contributed by atoms with E-state index in [-0.39, 0.29) is 29.2 Å². The zero-order valence-electron chi connectivity index (χ0n) is 13.7. The van der Waals surface area contributed by atoms with Crippen molar-refractivity contribution in [2.75, 3.05) is 0 Å². The number of carbonyl (C=O) groups excluding carboxylic acids is 2. The zero-order chi connectivity index (χ0) is 18.4. The molecule has 1 aromatic heterocycles. The first-order valence-electron chi connectivity index (χ1n) is 7.80. The minimum atomic E-state index is -0.659. The number of rotatable bonds is 5. The van der Waals surface area contributed by atoms with Crippen LogP contribution in [0.15, 0.2) is 73.1 Å². The Kier molecular flexibility index (Phi) is 5.24. The van der Waals surface area contributed by atoms with Crippen LogP contribution in [0.2, 0.25) is 0 Å². The maximum Gasteiger partial charge on any atom is 0.345 e. The highest BCUT2D eigenvalue weighted by atomic mass is 16.5. The van der Waals surface area contributed by atoms with Crippen LogP contribution >= 0.6 is 0 Å². The lowest BCUT2D eigenvalue weighted by atomic mass is 10.2. The van der Waals surface area contributed by atoms with Crippen molar-refractivity contribution in [3.63, 3.8) is 0 Å². The number of esters is 2. The van der Waals surface area contributed by atoms with Crippen molar-refractivity contribution in [2.24, 2.45) is 0 Å². The number of ether oxygens (including phenoxy) is 2. The van der Waals surface area contributed by atoms with Crippen LogP contribution in [0.4, 0.5) is 0 Å². The van der Waals surface area contributed by atoms with Crippen molar-refractivity contribution in [3.05, 3.63) is 89.7 Å². The zero-order valence-corrected chi connectivity index (χ0v) is 13.7. The summed E-state index contributed by atoms with van der Waals surface area (Å²) in [5.74, 6) is -1.64. The minimum Gasteiger partial charge on any atom is -0.504 e. The quantitative estimate of drug-likeness (QED) is 0.561. The minimum absolute atomic E-state index is 0.0570. The van der Waals surface area contributed by atoms with Crippen molar-refractivity contribution in [2.45, 2.75) is 6.61 Å². The van der Waals surface area contributed by atoms with Gasteiger partial charge in [-0.25, -0.2) is 9.59 Å². The number of nitrogens with zero attached hydrogens (tertiary/aromatic N) is 1. The third-order valence-electron chi connectivity index (χ3n) is 3.51. The molecule has 3 aromatic rings. The molecule has 2 aromatic carbocycles. The van der Waals surface area contributed by atoms with Crippen LogP contribution in [0.25, 0.3) is 0 Å². The fraction of sp³-hybridized carbons (Fsp3) is 0.0500. The Morgan fingerprint density at radius 2 is 1.73 bits per heavy atom. The molecule has 1 N–H and O–H groups in total. The molecule has 26 heavy (non-hydrogen) atoms. The average molecular weight is 349 g/mol. The number of phenols is 1. The Morgan fingerprint density at radius 1 is 0.923 bits per heavy atom. The van der Waals surface area contributed by atoms with Gasteiger partial charge in [-0.15, -0.1) is 0 Å². The molecule has 0 aliphatic carbocycles. The third kappa shape index (κ3) is 4.24. The number of carbonyl (C=O) groups is 2. The molecular formula is C20H15NO5. The summed E-state index contributed by atoms with van der Waals surface area (Å²) in [7, 11) is 0. The number of phenolic OH excluding ortho intramolecular Hbond substituents is 1. The molecule has 0 spiro atoms. The lowest BCUT2D eigenvalue weighted by molar-refractivity contribution is 0.0472. The fourth-order valence-electron chi connectivity index (χ4n) is 2.18. The maximum atomic E-state index is 12.1. The number of hydrogen-bond donors (Lipinski definition) is 1. The number of aromatic nitrogens is 1. The van der Waals surface area contributed by atoms with Gasteiger partial charge >= 0.3 is 11.9 Å². The summed E-state index contributed by atoms with van der Waals surface area (Å²) in [6, 6.07) is 16.3. The summed E-state index contributed by atoms with van der Waals surface area (Å²) >= 11 is 0. The van der Waals surface area contributed by atoms with Gasteiger partial charge in [0.25, 0.3) is 0 Å². The maximum absolute atomic E-state index is 12.1. The van der Waals surface area contributed by atoms with Crippen LogP contribution in [-0.2, 0) is 11.3 Å².